The zero-order chi connectivity index (χ0) is 20.4. The lowest BCUT2D eigenvalue weighted by molar-refractivity contribution is 0.0694. The fourth-order valence-electron chi connectivity index (χ4n) is 4.65. The van der Waals surface area contributed by atoms with Crippen LogP contribution in [0.1, 0.15) is 47.3 Å². The number of nitrogens with zero attached hydrogens (tertiary/aromatic N) is 2. The molecule has 1 aliphatic carbocycles. The predicted molar refractivity (Wildman–Crippen MR) is 103 cm³/mol. The number of aromatic nitrogens is 1. The number of aromatic carboxylic acids is 1. The highest BCUT2D eigenvalue weighted by atomic mass is 19.1. The van der Waals surface area contributed by atoms with Crippen molar-refractivity contribution >= 4 is 16.9 Å². The van der Waals surface area contributed by atoms with Crippen LogP contribution >= 0.6 is 0 Å². The van der Waals surface area contributed by atoms with Gasteiger partial charge in [-0.25, -0.2) is 13.6 Å². The molecular weight excluding hydrogens is 380 g/mol. The van der Waals surface area contributed by atoms with Crippen LogP contribution in [0.3, 0.4) is 0 Å². The SMILES string of the molecule is CN1CCC2=C(CNC2c2c(F)cc3c(=O)c(C(=O)O)cn(C4CC4)c3c2F)C1. The third-order valence-corrected chi connectivity index (χ3v) is 6.25. The number of hydrogen-bond acceptors (Lipinski definition) is 4. The van der Waals surface area contributed by atoms with E-state index in [1.807, 2.05) is 7.05 Å². The molecule has 1 fully saturated rings. The van der Waals surface area contributed by atoms with E-state index in [9.17, 15) is 14.7 Å². The maximum absolute atomic E-state index is 15.8. The number of fused-ring (bicyclic) bond motifs is 1. The molecule has 1 saturated carbocycles. The van der Waals surface area contributed by atoms with Crippen LogP contribution in [0.2, 0.25) is 0 Å². The van der Waals surface area contributed by atoms with Gasteiger partial charge in [0.05, 0.1) is 16.9 Å². The Hall–Kier alpha value is -2.58. The van der Waals surface area contributed by atoms with Gasteiger partial charge < -0.3 is 19.9 Å². The molecule has 1 atom stereocenters. The number of hydrogen-bond donors (Lipinski definition) is 2. The van der Waals surface area contributed by atoms with Gasteiger partial charge >= 0.3 is 5.97 Å². The molecule has 3 heterocycles. The molecule has 8 heteroatoms. The predicted octanol–water partition coefficient (Wildman–Crippen LogP) is 2.59. The molecule has 1 unspecified atom stereocenters. The van der Waals surface area contributed by atoms with Crippen LogP contribution in [-0.4, -0.2) is 47.2 Å². The minimum absolute atomic E-state index is 0.00248. The minimum Gasteiger partial charge on any atom is -0.477 e. The van der Waals surface area contributed by atoms with Gasteiger partial charge in [0, 0.05) is 37.4 Å². The van der Waals surface area contributed by atoms with E-state index in [0.717, 1.165) is 49.6 Å². The molecule has 1 aromatic carbocycles. The molecule has 0 amide bonds. The lowest BCUT2D eigenvalue weighted by Gasteiger charge is -2.26. The summed E-state index contributed by atoms with van der Waals surface area (Å²) in [6.07, 6.45) is 3.48. The zero-order valence-electron chi connectivity index (χ0n) is 16.0. The molecule has 0 saturated heterocycles. The van der Waals surface area contributed by atoms with Crippen molar-refractivity contribution in [1.82, 2.24) is 14.8 Å². The summed E-state index contributed by atoms with van der Waals surface area (Å²) >= 11 is 0. The Balaban J connectivity index is 1.75. The number of benzene rings is 1. The van der Waals surface area contributed by atoms with Gasteiger partial charge in [0.1, 0.15) is 11.4 Å². The van der Waals surface area contributed by atoms with Gasteiger partial charge in [-0.2, -0.15) is 0 Å². The van der Waals surface area contributed by atoms with Gasteiger partial charge in [-0.1, -0.05) is 0 Å². The monoisotopic (exact) mass is 401 g/mol. The number of halogens is 2. The number of pyridine rings is 1. The van der Waals surface area contributed by atoms with Gasteiger partial charge in [-0.15, -0.1) is 0 Å². The molecule has 1 aromatic heterocycles. The fraction of sp³-hybridized carbons (Fsp3) is 0.429. The molecule has 2 aromatic rings. The van der Waals surface area contributed by atoms with Crippen LogP contribution < -0.4 is 10.7 Å². The first kappa shape index (κ1) is 18.4. The third kappa shape index (κ3) is 2.81. The van der Waals surface area contributed by atoms with Crippen LogP contribution in [0, 0.1) is 11.6 Å². The van der Waals surface area contributed by atoms with Crippen LogP contribution in [0.4, 0.5) is 8.78 Å². The van der Waals surface area contributed by atoms with Crippen LogP contribution in [0.25, 0.3) is 10.9 Å². The lowest BCUT2D eigenvalue weighted by atomic mass is 9.91. The van der Waals surface area contributed by atoms with Gasteiger partial charge in [-0.3, -0.25) is 4.79 Å². The summed E-state index contributed by atoms with van der Waals surface area (Å²) in [6, 6.07) is 0.375. The number of carbonyl (C=O) groups is 1. The van der Waals surface area contributed by atoms with Crippen LogP contribution in [0.5, 0.6) is 0 Å². The minimum atomic E-state index is -1.39. The summed E-state index contributed by atoms with van der Waals surface area (Å²) in [5.74, 6) is -2.98. The van der Waals surface area contributed by atoms with Crippen molar-refractivity contribution in [1.29, 1.82) is 0 Å². The number of likely N-dealkylation sites (N-methyl/N-ethyl adjacent to an activating group) is 1. The van der Waals surface area contributed by atoms with Crippen LogP contribution in [-0.2, 0) is 0 Å². The second kappa shape index (κ2) is 6.47. The van der Waals surface area contributed by atoms with Crippen molar-refractivity contribution in [3.63, 3.8) is 0 Å². The van der Waals surface area contributed by atoms with E-state index >= 15 is 8.78 Å². The largest absolute Gasteiger partial charge is 0.477 e. The molecule has 6 nitrogen and oxygen atoms in total. The van der Waals surface area contributed by atoms with Crippen molar-refractivity contribution in [2.24, 2.45) is 0 Å². The lowest BCUT2D eigenvalue weighted by Crippen LogP contribution is -2.28. The van der Waals surface area contributed by atoms with Gasteiger partial charge in [0.15, 0.2) is 5.82 Å². The molecule has 2 aliphatic heterocycles. The topological polar surface area (TPSA) is 74.6 Å². The van der Waals surface area contributed by atoms with Crippen molar-refractivity contribution in [3.05, 3.63) is 56.4 Å². The zero-order valence-corrected chi connectivity index (χ0v) is 16.0. The molecule has 2 N–H and O–H groups in total. The quantitative estimate of drug-likeness (QED) is 0.774. The first-order valence-electron chi connectivity index (χ1n) is 9.79. The second-order valence-electron chi connectivity index (χ2n) is 8.23. The fourth-order valence-corrected chi connectivity index (χ4v) is 4.65. The number of carboxylic acids is 1. The highest BCUT2D eigenvalue weighted by Crippen LogP contribution is 2.41. The third-order valence-electron chi connectivity index (χ3n) is 6.25. The van der Waals surface area contributed by atoms with Crippen molar-refractivity contribution in [2.45, 2.75) is 31.3 Å². The van der Waals surface area contributed by atoms with E-state index in [1.54, 1.807) is 0 Å². The van der Waals surface area contributed by atoms with Gasteiger partial charge in [0.25, 0.3) is 0 Å². The van der Waals surface area contributed by atoms with Crippen molar-refractivity contribution in [3.8, 4) is 0 Å². The number of nitrogens with one attached hydrogen (secondary N) is 1. The Labute approximate surface area is 165 Å². The first-order valence-corrected chi connectivity index (χ1v) is 9.79. The highest BCUT2D eigenvalue weighted by Gasteiger charge is 2.36. The summed E-state index contributed by atoms with van der Waals surface area (Å²) in [7, 11) is 2.02. The number of carboxylic acid groups (broad SMARTS) is 1. The summed E-state index contributed by atoms with van der Waals surface area (Å²) in [5.41, 5.74) is 0.778. The molecule has 152 valence electrons. The molecule has 5 rings (SSSR count). The van der Waals surface area contributed by atoms with E-state index in [-0.39, 0.29) is 22.5 Å². The molecule has 0 radical (unpaired) electrons. The second-order valence-corrected chi connectivity index (χ2v) is 8.23. The molecule has 0 bridgehead atoms. The normalized spacial score (nSPS) is 22.4. The Bertz CT molecular complexity index is 1150. The summed E-state index contributed by atoms with van der Waals surface area (Å²) < 4.78 is 32.4. The van der Waals surface area contributed by atoms with E-state index in [2.05, 4.69) is 10.2 Å². The Morgan fingerprint density at radius 2 is 2.07 bits per heavy atom. The molecule has 0 spiro atoms. The van der Waals surface area contributed by atoms with Gasteiger partial charge in [-0.05, 0) is 43.5 Å². The van der Waals surface area contributed by atoms with E-state index in [0.29, 0.717) is 6.54 Å². The summed E-state index contributed by atoms with van der Waals surface area (Å²) in [4.78, 5) is 26.3. The number of rotatable bonds is 3. The maximum Gasteiger partial charge on any atom is 0.341 e. The Kier molecular flexibility index (Phi) is 4.11. The highest BCUT2D eigenvalue weighted by molar-refractivity contribution is 5.93. The van der Waals surface area contributed by atoms with E-state index < -0.39 is 34.6 Å². The Morgan fingerprint density at radius 3 is 2.76 bits per heavy atom. The van der Waals surface area contributed by atoms with Crippen molar-refractivity contribution < 1.29 is 18.7 Å². The summed E-state index contributed by atoms with van der Waals surface area (Å²) in [5, 5.41) is 12.4. The average Bonchev–Trinajstić information content (AvgIpc) is 3.43. The van der Waals surface area contributed by atoms with E-state index in [4.69, 9.17) is 0 Å². The first-order chi connectivity index (χ1) is 13.9. The summed E-state index contributed by atoms with van der Waals surface area (Å²) in [6.45, 7) is 2.17. The average molecular weight is 401 g/mol. The van der Waals surface area contributed by atoms with Gasteiger partial charge in [0.2, 0.25) is 5.43 Å². The Morgan fingerprint density at radius 1 is 1.31 bits per heavy atom. The standard InChI is InChI=1S/C21H21F2N3O3/c1-25-5-4-12-10(8-25)7-24-18(12)16-15(22)6-13-19(17(16)23)26(11-2-3-11)9-14(20(13)27)21(28)29/h6,9,11,18,24H,2-5,7-8H2,1H3,(H,28,29). The van der Waals surface area contributed by atoms with Crippen molar-refractivity contribution in [2.75, 3.05) is 26.7 Å². The smallest absolute Gasteiger partial charge is 0.341 e. The molecule has 3 aliphatic rings. The maximum atomic E-state index is 15.8. The van der Waals surface area contributed by atoms with E-state index in [1.165, 1.54) is 10.8 Å². The molecular formula is C21H21F2N3O3. The van der Waals surface area contributed by atoms with Crippen LogP contribution in [0.15, 0.2) is 28.2 Å². The molecule has 29 heavy (non-hydrogen) atoms.